The smallest absolute Gasteiger partial charge is 0.0579 e. The zero-order chi connectivity index (χ0) is 12.1. The Balaban J connectivity index is 1.92. The molecular formula is C14H20ClNO. The first-order chi connectivity index (χ1) is 8.29. The molecule has 2 unspecified atom stereocenters. The van der Waals surface area contributed by atoms with Crippen LogP contribution in [0.2, 0.25) is 5.02 Å². The van der Waals surface area contributed by atoms with Crippen molar-refractivity contribution in [3.05, 3.63) is 34.9 Å². The molecule has 2 nitrogen and oxygen atoms in total. The van der Waals surface area contributed by atoms with Crippen molar-refractivity contribution >= 4 is 11.6 Å². The highest BCUT2D eigenvalue weighted by Crippen LogP contribution is 2.24. The van der Waals surface area contributed by atoms with Crippen LogP contribution >= 0.6 is 11.6 Å². The molecule has 1 aromatic carbocycles. The van der Waals surface area contributed by atoms with Crippen LogP contribution in [-0.4, -0.2) is 19.3 Å². The fraction of sp³-hybridized carbons (Fsp3) is 0.571. The lowest BCUT2D eigenvalue weighted by molar-refractivity contribution is 0.0905. The maximum atomic E-state index is 6.17. The molecule has 2 rings (SSSR count). The summed E-state index contributed by atoms with van der Waals surface area (Å²) in [6, 6.07) is 8.02. The van der Waals surface area contributed by atoms with Gasteiger partial charge in [-0.3, -0.25) is 0 Å². The number of nitrogens with two attached hydrogens (primary N) is 1. The Morgan fingerprint density at radius 1 is 1.41 bits per heavy atom. The van der Waals surface area contributed by atoms with Crippen molar-refractivity contribution in [2.24, 2.45) is 11.7 Å². The van der Waals surface area contributed by atoms with Crippen LogP contribution in [0.4, 0.5) is 0 Å². The molecule has 1 heterocycles. The molecular weight excluding hydrogens is 234 g/mol. The molecule has 2 atom stereocenters. The third kappa shape index (κ3) is 3.70. The Morgan fingerprint density at radius 2 is 2.24 bits per heavy atom. The van der Waals surface area contributed by atoms with Crippen molar-refractivity contribution in [2.75, 3.05) is 13.2 Å². The van der Waals surface area contributed by atoms with E-state index in [2.05, 4.69) is 6.07 Å². The third-order valence-electron chi connectivity index (χ3n) is 3.42. The molecule has 2 N–H and O–H groups in total. The highest BCUT2D eigenvalue weighted by molar-refractivity contribution is 6.31. The van der Waals surface area contributed by atoms with E-state index in [-0.39, 0.29) is 0 Å². The lowest BCUT2D eigenvalue weighted by atomic mass is 9.93. The predicted molar refractivity (Wildman–Crippen MR) is 71.3 cm³/mol. The molecule has 1 aromatic rings. The van der Waals surface area contributed by atoms with Gasteiger partial charge in [0, 0.05) is 11.6 Å². The molecule has 0 aliphatic carbocycles. The zero-order valence-corrected chi connectivity index (χ0v) is 10.8. The average molecular weight is 254 g/mol. The van der Waals surface area contributed by atoms with Gasteiger partial charge in [-0.15, -0.1) is 0 Å². The molecule has 0 aromatic heterocycles. The lowest BCUT2D eigenvalue weighted by Gasteiger charge is -2.19. The minimum absolute atomic E-state index is 0.408. The second kappa shape index (κ2) is 6.39. The average Bonchev–Trinajstić information content (AvgIpc) is 2.84. The minimum Gasteiger partial charge on any atom is -0.378 e. The number of rotatable bonds is 5. The SMILES string of the molecule is NCC(Cc1ccccc1Cl)CC1CCCO1. The van der Waals surface area contributed by atoms with Crippen LogP contribution in [0.3, 0.4) is 0 Å². The van der Waals surface area contributed by atoms with E-state index in [1.54, 1.807) is 0 Å². The van der Waals surface area contributed by atoms with Crippen molar-refractivity contribution in [2.45, 2.75) is 31.8 Å². The highest BCUT2D eigenvalue weighted by atomic mass is 35.5. The summed E-state index contributed by atoms with van der Waals surface area (Å²) >= 11 is 6.17. The number of hydrogen-bond donors (Lipinski definition) is 1. The van der Waals surface area contributed by atoms with E-state index >= 15 is 0 Å². The largest absolute Gasteiger partial charge is 0.378 e. The molecule has 94 valence electrons. The molecule has 0 amide bonds. The summed E-state index contributed by atoms with van der Waals surface area (Å²) in [7, 11) is 0. The first-order valence-electron chi connectivity index (χ1n) is 6.34. The summed E-state index contributed by atoms with van der Waals surface area (Å²) in [6.07, 6.45) is 4.79. The standard InChI is InChI=1S/C14H20ClNO/c15-14-6-2-1-4-12(14)8-11(10-16)9-13-5-3-7-17-13/h1-2,4,6,11,13H,3,5,7-10,16H2. The fourth-order valence-corrected chi connectivity index (χ4v) is 2.65. The molecule has 1 saturated heterocycles. The van der Waals surface area contributed by atoms with Crippen LogP contribution in [0.1, 0.15) is 24.8 Å². The van der Waals surface area contributed by atoms with Crippen molar-refractivity contribution in [3.8, 4) is 0 Å². The van der Waals surface area contributed by atoms with Gasteiger partial charge in [-0.2, -0.15) is 0 Å². The van der Waals surface area contributed by atoms with Gasteiger partial charge < -0.3 is 10.5 Å². The number of benzene rings is 1. The Bertz CT molecular complexity index is 350. The summed E-state index contributed by atoms with van der Waals surface area (Å²) in [6.45, 7) is 1.61. The van der Waals surface area contributed by atoms with Gasteiger partial charge in [0.2, 0.25) is 0 Å². The topological polar surface area (TPSA) is 35.2 Å². The zero-order valence-electron chi connectivity index (χ0n) is 10.1. The Labute approximate surface area is 108 Å². The molecule has 0 radical (unpaired) electrons. The molecule has 1 aliphatic rings. The van der Waals surface area contributed by atoms with Crippen LogP contribution in [0.5, 0.6) is 0 Å². The Kier molecular flexibility index (Phi) is 4.84. The summed E-state index contributed by atoms with van der Waals surface area (Å²) < 4.78 is 5.66. The molecule has 17 heavy (non-hydrogen) atoms. The van der Waals surface area contributed by atoms with Gasteiger partial charge in [0.1, 0.15) is 0 Å². The van der Waals surface area contributed by atoms with Crippen LogP contribution in [0, 0.1) is 5.92 Å². The first-order valence-corrected chi connectivity index (χ1v) is 6.72. The molecule has 3 heteroatoms. The van der Waals surface area contributed by atoms with Gasteiger partial charge in [-0.1, -0.05) is 29.8 Å². The molecule has 0 bridgehead atoms. The summed E-state index contributed by atoms with van der Waals surface area (Å²) in [5, 5.41) is 0.846. The second-order valence-corrected chi connectivity index (χ2v) is 5.18. The van der Waals surface area contributed by atoms with Gasteiger partial charge in [0.15, 0.2) is 0 Å². The van der Waals surface area contributed by atoms with Gasteiger partial charge in [0.05, 0.1) is 6.10 Å². The van der Waals surface area contributed by atoms with Gasteiger partial charge >= 0.3 is 0 Å². The third-order valence-corrected chi connectivity index (χ3v) is 3.79. The monoisotopic (exact) mass is 253 g/mol. The molecule has 0 saturated carbocycles. The fourth-order valence-electron chi connectivity index (χ4n) is 2.44. The van der Waals surface area contributed by atoms with Crippen molar-refractivity contribution in [1.29, 1.82) is 0 Å². The number of ether oxygens (including phenoxy) is 1. The number of hydrogen-bond acceptors (Lipinski definition) is 2. The normalized spacial score (nSPS) is 21.6. The van der Waals surface area contributed by atoms with Crippen LogP contribution in [-0.2, 0) is 11.2 Å². The van der Waals surface area contributed by atoms with E-state index in [4.69, 9.17) is 22.1 Å². The van der Waals surface area contributed by atoms with Gasteiger partial charge in [-0.25, -0.2) is 0 Å². The molecule has 1 fully saturated rings. The van der Waals surface area contributed by atoms with Crippen LogP contribution < -0.4 is 5.73 Å². The Hall–Kier alpha value is -0.570. The van der Waals surface area contributed by atoms with E-state index in [9.17, 15) is 0 Å². The van der Waals surface area contributed by atoms with Crippen molar-refractivity contribution in [3.63, 3.8) is 0 Å². The predicted octanol–water partition coefficient (Wildman–Crippen LogP) is 3.03. The minimum atomic E-state index is 0.408. The maximum absolute atomic E-state index is 6.17. The summed E-state index contributed by atoms with van der Waals surface area (Å²) in [4.78, 5) is 0. The summed E-state index contributed by atoms with van der Waals surface area (Å²) in [5.74, 6) is 0.470. The quantitative estimate of drug-likeness (QED) is 0.876. The van der Waals surface area contributed by atoms with Gasteiger partial charge in [-0.05, 0) is 49.8 Å². The highest BCUT2D eigenvalue weighted by Gasteiger charge is 2.20. The lowest BCUT2D eigenvalue weighted by Crippen LogP contribution is -2.22. The first kappa shape index (κ1) is 12.9. The van der Waals surface area contributed by atoms with E-state index < -0.39 is 0 Å². The van der Waals surface area contributed by atoms with E-state index in [1.165, 1.54) is 18.4 Å². The van der Waals surface area contributed by atoms with E-state index in [0.717, 1.165) is 24.5 Å². The van der Waals surface area contributed by atoms with E-state index in [0.29, 0.717) is 18.6 Å². The van der Waals surface area contributed by atoms with Crippen molar-refractivity contribution < 1.29 is 4.74 Å². The van der Waals surface area contributed by atoms with Crippen LogP contribution in [0.25, 0.3) is 0 Å². The Morgan fingerprint density at radius 3 is 2.88 bits per heavy atom. The summed E-state index contributed by atoms with van der Waals surface area (Å²) in [5.41, 5.74) is 7.05. The maximum Gasteiger partial charge on any atom is 0.0579 e. The van der Waals surface area contributed by atoms with Crippen LogP contribution in [0.15, 0.2) is 24.3 Å². The molecule has 0 spiro atoms. The molecule has 1 aliphatic heterocycles. The van der Waals surface area contributed by atoms with E-state index in [1.807, 2.05) is 18.2 Å². The second-order valence-electron chi connectivity index (χ2n) is 4.77. The van der Waals surface area contributed by atoms with Gasteiger partial charge in [0.25, 0.3) is 0 Å². The number of halogens is 1. The van der Waals surface area contributed by atoms with Crippen molar-refractivity contribution in [1.82, 2.24) is 0 Å².